The van der Waals surface area contributed by atoms with Crippen LogP contribution in [0.15, 0.2) is 5.16 Å². The van der Waals surface area contributed by atoms with Gasteiger partial charge in [0.05, 0.1) is 0 Å². The van der Waals surface area contributed by atoms with Gasteiger partial charge in [0.2, 0.25) is 4.47 Å². The quantitative estimate of drug-likeness (QED) is 0.664. The first-order valence-corrected chi connectivity index (χ1v) is 5.40. The minimum atomic E-state index is -3.81. The van der Waals surface area contributed by atoms with Crippen LogP contribution in [0.3, 0.4) is 0 Å². The Morgan fingerprint density at radius 3 is 2.30 bits per heavy atom. The van der Waals surface area contributed by atoms with Gasteiger partial charge in [0.1, 0.15) is 0 Å². The molecule has 10 heavy (non-hydrogen) atoms. The van der Waals surface area contributed by atoms with Crippen molar-refractivity contribution in [2.45, 2.75) is 5.16 Å². The van der Waals surface area contributed by atoms with Gasteiger partial charge < -0.3 is 0 Å². The van der Waals surface area contributed by atoms with E-state index in [1.165, 1.54) is 0 Å². The van der Waals surface area contributed by atoms with Crippen LogP contribution < -0.4 is 0 Å². The molecule has 1 aromatic rings. The second-order valence-corrected chi connectivity index (χ2v) is 5.06. The lowest BCUT2D eigenvalue weighted by Crippen LogP contribution is -1.91. The van der Waals surface area contributed by atoms with Crippen LogP contribution in [0.5, 0.6) is 0 Å². The summed E-state index contributed by atoms with van der Waals surface area (Å²) in [6.45, 7) is 0. The third kappa shape index (κ3) is 1.79. The van der Waals surface area contributed by atoms with Crippen LogP contribution in [-0.4, -0.2) is 17.8 Å². The highest BCUT2D eigenvalue weighted by Gasteiger charge is 2.15. The van der Waals surface area contributed by atoms with Gasteiger partial charge in [-0.2, -0.15) is 9.36 Å². The fourth-order valence-corrected chi connectivity index (χ4v) is 1.93. The average Bonchev–Trinajstić information content (AvgIpc) is 2.11. The van der Waals surface area contributed by atoms with Crippen molar-refractivity contribution in [3.63, 3.8) is 0 Å². The van der Waals surface area contributed by atoms with E-state index in [-0.39, 0.29) is 4.47 Å². The summed E-state index contributed by atoms with van der Waals surface area (Å²) in [6.07, 6.45) is 0. The molecular formula is C2Cl2N2O2S2. The molecule has 0 aliphatic carbocycles. The van der Waals surface area contributed by atoms with Gasteiger partial charge >= 0.3 is 0 Å². The van der Waals surface area contributed by atoms with Crippen LogP contribution in [0.4, 0.5) is 0 Å². The minimum absolute atomic E-state index is 0.0548. The molecule has 0 bridgehead atoms. The van der Waals surface area contributed by atoms with E-state index in [0.717, 1.165) is 11.5 Å². The average molecular weight is 219 g/mol. The number of hydrogen-bond acceptors (Lipinski definition) is 5. The highest BCUT2D eigenvalue weighted by atomic mass is 35.7. The highest BCUT2D eigenvalue weighted by Crippen LogP contribution is 2.16. The number of nitrogens with zero attached hydrogens (tertiary/aromatic N) is 2. The molecule has 0 unspecified atom stereocenters. The molecule has 0 atom stereocenters. The van der Waals surface area contributed by atoms with Gasteiger partial charge in [-0.05, 0) is 23.1 Å². The second-order valence-electron chi connectivity index (χ2n) is 1.27. The van der Waals surface area contributed by atoms with Gasteiger partial charge in [-0.25, -0.2) is 8.42 Å². The van der Waals surface area contributed by atoms with Crippen LogP contribution in [0.25, 0.3) is 0 Å². The Morgan fingerprint density at radius 1 is 1.50 bits per heavy atom. The molecule has 0 saturated carbocycles. The molecule has 0 amide bonds. The standard InChI is InChI=1S/C2Cl2N2O2S2/c3-1-5-2(6-9-1)10(4,7)8. The summed E-state index contributed by atoms with van der Waals surface area (Å²) < 4.78 is 24.3. The normalized spacial score (nSPS) is 11.8. The van der Waals surface area contributed by atoms with Crippen LogP contribution >= 0.6 is 33.8 Å². The van der Waals surface area contributed by atoms with E-state index >= 15 is 0 Å². The second kappa shape index (κ2) is 2.61. The van der Waals surface area contributed by atoms with E-state index in [4.69, 9.17) is 22.3 Å². The van der Waals surface area contributed by atoms with Gasteiger partial charge in [0.15, 0.2) is 0 Å². The molecule has 56 valence electrons. The fourth-order valence-electron chi connectivity index (χ4n) is 0.292. The molecule has 4 nitrogen and oxygen atoms in total. The summed E-state index contributed by atoms with van der Waals surface area (Å²) in [4.78, 5) is 3.33. The molecule has 0 N–H and O–H groups in total. The van der Waals surface area contributed by atoms with Crippen molar-refractivity contribution in [3.8, 4) is 0 Å². The van der Waals surface area contributed by atoms with Gasteiger partial charge in [0, 0.05) is 10.7 Å². The largest absolute Gasteiger partial charge is 0.297 e. The summed E-state index contributed by atoms with van der Waals surface area (Å²) in [5.74, 6) is 0. The molecule has 0 saturated heterocycles. The molecule has 0 aliphatic rings. The SMILES string of the molecule is O=S(=O)(Cl)c1nsc(Cl)n1. The molecule has 1 aromatic heterocycles. The maximum absolute atomic E-state index is 10.4. The summed E-state index contributed by atoms with van der Waals surface area (Å²) >= 11 is 6.06. The first-order valence-electron chi connectivity index (χ1n) is 1.94. The predicted molar refractivity (Wildman–Crippen MR) is 38.0 cm³/mol. The maximum atomic E-state index is 10.4. The Bertz CT molecular complexity index is 331. The monoisotopic (exact) mass is 218 g/mol. The molecule has 1 rings (SSSR count). The topological polar surface area (TPSA) is 59.9 Å². The zero-order valence-corrected chi connectivity index (χ0v) is 7.43. The van der Waals surface area contributed by atoms with Crippen LogP contribution in [0.1, 0.15) is 0 Å². The lowest BCUT2D eigenvalue weighted by Gasteiger charge is -1.80. The molecule has 0 fully saturated rings. The van der Waals surface area contributed by atoms with Crippen LogP contribution in [-0.2, 0) is 9.05 Å². The van der Waals surface area contributed by atoms with E-state index in [2.05, 4.69) is 9.36 Å². The maximum Gasteiger partial charge on any atom is 0.297 e. The molecule has 8 heteroatoms. The molecular weight excluding hydrogens is 219 g/mol. The van der Waals surface area contributed by atoms with Crippen LogP contribution in [0, 0.1) is 0 Å². The van der Waals surface area contributed by atoms with Gasteiger partial charge in [-0.3, -0.25) is 0 Å². The van der Waals surface area contributed by atoms with Crippen molar-refractivity contribution < 1.29 is 8.42 Å². The minimum Gasteiger partial charge on any atom is -0.204 e. The van der Waals surface area contributed by atoms with Crippen LogP contribution in [0.2, 0.25) is 4.47 Å². The third-order valence-electron chi connectivity index (χ3n) is 0.601. The van der Waals surface area contributed by atoms with E-state index in [9.17, 15) is 8.42 Å². The summed E-state index contributed by atoms with van der Waals surface area (Å²) in [6, 6.07) is 0. The summed E-state index contributed by atoms with van der Waals surface area (Å²) in [5, 5.41) is -0.441. The van der Waals surface area contributed by atoms with Crippen molar-refractivity contribution >= 4 is 42.9 Å². The Balaban J connectivity index is 3.21. The summed E-state index contributed by atoms with van der Waals surface area (Å²) in [7, 11) is 1.06. The van der Waals surface area contributed by atoms with Gasteiger partial charge in [-0.15, -0.1) is 0 Å². The molecule has 0 spiro atoms. The predicted octanol–water partition coefficient (Wildman–Crippen LogP) is 1.12. The first-order chi connectivity index (χ1) is 4.50. The van der Waals surface area contributed by atoms with Crippen molar-refractivity contribution in [1.29, 1.82) is 0 Å². The number of aromatic nitrogens is 2. The lowest BCUT2D eigenvalue weighted by molar-refractivity contribution is 0.603. The molecule has 0 aliphatic heterocycles. The van der Waals surface area contributed by atoms with Crippen molar-refractivity contribution in [2.24, 2.45) is 0 Å². The zero-order chi connectivity index (χ0) is 7.78. The summed E-state index contributed by atoms with van der Waals surface area (Å²) in [5.41, 5.74) is 0. The zero-order valence-electron chi connectivity index (χ0n) is 4.28. The Morgan fingerprint density at radius 2 is 2.10 bits per heavy atom. The first kappa shape index (κ1) is 8.19. The highest BCUT2D eigenvalue weighted by molar-refractivity contribution is 8.13. The number of hydrogen-bond donors (Lipinski definition) is 0. The lowest BCUT2D eigenvalue weighted by atomic mass is 11.3. The molecule has 0 radical (unpaired) electrons. The third-order valence-corrected chi connectivity index (χ3v) is 2.55. The molecule has 0 aromatic carbocycles. The number of rotatable bonds is 1. The van der Waals surface area contributed by atoms with Gasteiger partial charge in [-0.1, -0.05) is 0 Å². The Labute approximate surface area is 70.4 Å². The molecule has 1 heterocycles. The number of halogens is 2. The van der Waals surface area contributed by atoms with Crippen molar-refractivity contribution in [3.05, 3.63) is 4.47 Å². The van der Waals surface area contributed by atoms with E-state index in [1.807, 2.05) is 0 Å². The Kier molecular flexibility index (Phi) is 2.14. The van der Waals surface area contributed by atoms with E-state index < -0.39 is 14.2 Å². The van der Waals surface area contributed by atoms with Crippen molar-refractivity contribution in [1.82, 2.24) is 9.36 Å². The fraction of sp³-hybridized carbons (Fsp3) is 0. The smallest absolute Gasteiger partial charge is 0.204 e. The van der Waals surface area contributed by atoms with Gasteiger partial charge in [0.25, 0.3) is 14.2 Å². The van der Waals surface area contributed by atoms with Crippen molar-refractivity contribution in [2.75, 3.05) is 0 Å². The van der Waals surface area contributed by atoms with E-state index in [0.29, 0.717) is 0 Å². The Hall–Kier alpha value is 0.0900. The van der Waals surface area contributed by atoms with E-state index in [1.54, 1.807) is 0 Å².